The molecule has 0 saturated heterocycles. The SMILES string of the molecule is Cc1cc(N[C@@H]2CCOc3ccccc32)nc(C)n1. The van der Waals surface area contributed by atoms with E-state index >= 15 is 0 Å². The zero-order valence-electron chi connectivity index (χ0n) is 11.2. The zero-order valence-corrected chi connectivity index (χ0v) is 11.2. The molecule has 0 amide bonds. The molecule has 1 aromatic carbocycles. The topological polar surface area (TPSA) is 47.0 Å². The van der Waals surface area contributed by atoms with Gasteiger partial charge in [0.2, 0.25) is 0 Å². The molecule has 1 aromatic heterocycles. The van der Waals surface area contributed by atoms with E-state index in [0.29, 0.717) is 0 Å². The smallest absolute Gasteiger partial charge is 0.130 e. The second kappa shape index (κ2) is 4.88. The summed E-state index contributed by atoms with van der Waals surface area (Å²) in [5.41, 5.74) is 2.18. The van der Waals surface area contributed by atoms with Crippen molar-refractivity contribution in [1.29, 1.82) is 0 Å². The molecule has 0 unspecified atom stereocenters. The summed E-state index contributed by atoms with van der Waals surface area (Å²) in [5, 5.41) is 3.49. The van der Waals surface area contributed by atoms with Gasteiger partial charge >= 0.3 is 0 Å². The highest BCUT2D eigenvalue weighted by atomic mass is 16.5. The van der Waals surface area contributed by atoms with Gasteiger partial charge in [-0.25, -0.2) is 9.97 Å². The van der Waals surface area contributed by atoms with Crippen LogP contribution in [0.1, 0.15) is 29.5 Å². The standard InChI is InChI=1S/C15H17N3O/c1-10-9-15(17-11(2)16-10)18-13-7-8-19-14-6-4-3-5-12(13)14/h3-6,9,13H,7-8H2,1-2H3,(H,16,17,18)/t13-/m1/s1. The lowest BCUT2D eigenvalue weighted by Gasteiger charge is -2.27. The number of benzene rings is 1. The van der Waals surface area contributed by atoms with Gasteiger partial charge < -0.3 is 10.1 Å². The first kappa shape index (κ1) is 12.0. The van der Waals surface area contributed by atoms with E-state index in [2.05, 4.69) is 21.4 Å². The highest BCUT2D eigenvalue weighted by Crippen LogP contribution is 2.33. The van der Waals surface area contributed by atoms with Crippen molar-refractivity contribution in [2.75, 3.05) is 11.9 Å². The van der Waals surface area contributed by atoms with Gasteiger partial charge in [-0.15, -0.1) is 0 Å². The van der Waals surface area contributed by atoms with Crippen LogP contribution in [-0.4, -0.2) is 16.6 Å². The molecule has 1 aliphatic rings. The summed E-state index contributed by atoms with van der Waals surface area (Å²) in [6.45, 7) is 4.63. The molecule has 4 nitrogen and oxygen atoms in total. The van der Waals surface area contributed by atoms with Gasteiger partial charge in [-0.05, 0) is 19.9 Å². The third kappa shape index (κ3) is 2.52. The minimum atomic E-state index is 0.249. The second-order valence-electron chi connectivity index (χ2n) is 4.81. The minimum Gasteiger partial charge on any atom is -0.493 e. The fourth-order valence-corrected chi connectivity index (χ4v) is 2.46. The average molecular weight is 255 g/mol. The molecule has 0 aliphatic carbocycles. The summed E-state index contributed by atoms with van der Waals surface area (Å²) in [6.07, 6.45) is 0.944. The Kier molecular flexibility index (Phi) is 3.07. The number of nitrogens with zero attached hydrogens (tertiary/aromatic N) is 2. The number of hydrogen-bond acceptors (Lipinski definition) is 4. The van der Waals surface area contributed by atoms with Gasteiger partial charge in [-0.2, -0.15) is 0 Å². The Labute approximate surface area is 112 Å². The maximum absolute atomic E-state index is 5.67. The Hall–Kier alpha value is -2.10. The molecule has 4 heteroatoms. The lowest BCUT2D eigenvalue weighted by molar-refractivity contribution is 0.274. The normalized spacial score (nSPS) is 17.5. The highest BCUT2D eigenvalue weighted by molar-refractivity contribution is 5.45. The number of rotatable bonds is 2. The van der Waals surface area contributed by atoms with E-state index in [1.165, 1.54) is 5.56 Å². The molecule has 1 aliphatic heterocycles. The fourth-order valence-electron chi connectivity index (χ4n) is 2.46. The van der Waals surface area contributed by atoms with Gasteiger partial charge in [0.25, 0.3) is 0 Å². The Bertz CT molecular complexity index is 577. The first-order valence-electron chi connectivity index (χ1n) is 6.53. The Morgan fingerprint density at radius 2 is 2.05 bits per heavy atom. The van der Waals surface area contributed by atoms with E-state index in [1.807, 2.05) is 38.1 Å². The molecule has 2 heterocycles. The van der Waals surface area contributed by atoms with Crippen LogP contribution in [0.2, 0.25) is 0 Å². The molecule has 0 radical (unpaired) electrons. The monoisotopic (exact) mass is 255 g/mol. The molecule has 0 saturated carbocycles. The number of para-hydroxylation sites is 1. The predicted octanol–water partition coefficient (Wildman–Crippen LogP) is 3.03. The number of fused-ring (bicyclic) bond motifs is 1. The van der Waals surface area contributed by atoms with Crippen molar-refractivity contribution in [3.05, 3.63) is 47.4 Å². The fraction of sp³-hybridized carbons (Fsp3) is 0.333. The van der Waals surface area contributed by atoms with Crippen molar-refractivity contribution < 1.29 is 4.74 Å². The van der Waals surface area contributed by atoms with E-state index in [0.717, 1.165) is 36.1 Å². The van der Waals surface area contributed by atoms with Crippen molar-refractivity contribution in [1.82, 2.24) is 9.97 Å². The quantitative estimate of drug-likeness (QED) is 0.896. The summed E-state index contributed by atoms with van der Waals surface area (Å²) in [5.74, 6) is 2.64. The van der Waals surface area contributed by atoms with E-state index < -0.39 is 0 Å². The van der Waals surface area contributed by atoms with Crippen LogP contribution in [-0.2, 0) is 0 Å². The molecular weight excluding hydrogens is 238 g/mol. The lowest BCUT2D eigenvalue weighted by atomic mass is 10.0. The minimum absolute atomic E-state index is 0.249. The summed E-state index contributed by atoms with van der Waals surface area (Å²) >= 11 is 0. The number of nitrogens with one attached hydrogen (secondary N) is 1. The van der Waals surface area contributed by atoms with Crippen molar-refractivity contribution in [2.24, 2.45) is 0 Å². The van der Waals surface area contributed by atoms with E-state index in [4.69, 9.17) is 4.74 Å². The van der Waals surface area contributed by atoms with Crippen LogP contribution >= 0.6 is 0 Å². The van der Waals surface area contributed by atoms with Gasteiger partial charge in [-0.1, -0.05) is 18.2 Å². The van der Waals surface area contributed by atoms with Crippen LogP contribution in [0.4, 0.5) is 5.82 Å². The van der Waals surface area contributed by atoms with Crippen molar-refractivity contribution in [3.63, 3.8) is 0 Å². The first-order chi connectivity index (χ1) is 9.22. The van der Waals surface area contributed by atoms with E-state index in [-0.39, 0.29) is 6.04 Å². The number of hydrogen-bond donors (Lipinski definition) is 1. The summed E-state index contributed by atoms with van der Waals surface area (Å²) in [4.78, 5) is 8.73. The third-order valence-electron chi connectivity index (χ3n) is 3.25. The van der Waals surface area contributed by atoms with Crippen LogP contribution in [0.3, 0.4) is 0 Å². The molecule has 0 spiro atoms. The molecule has 0 fully saturated rings. The maximum atomic E-state index is 5.67. The van der Waals surface area contributed by atoms with Gasteiger partial charge in [0, 0.05) is 23.7 Å². The van der Waals surface area contributed by atoms with E-state index in [9.17, 15) is 0 Å². The van der Waals surface area contributed by atoms with Crippen LogP contribution in [0.5, 0.6) is 5.75 Å². The summed E-state index contributed by atoms with van der Waals surface area (Å²) < 4.78 is 5.67. The largest absolute Gasteiger partial charge is 0.493 e. The average Bonchev–Trinajstić information content (AvgIpc) is 2.38. The summed E-state index contributed by atoms with van der Waals surface area (Å²) in [7, 11) is 0. The van der Waals surface area contributed by atoms with Crippen molar-refractivity contribution >= 4 is 5.82 Å². The predicted molar refractivity (Wildman–Crippen MR) is 74.4 cm³/mol. The lowest BCUT2D eigenvalue weighted by Crippen LogP contribution is -2.21. The Balaban J connectivity index is 1.88. The van der Waals surface area contributed by atoms with Crippen LogP contribution in [0.15, 0.2) is 30.3 Å². The zero-order chi connectivity index (χ0) is 13.2. The van der Waals surface area contributed by atoms with Crippen molar-refractivity contribution in [3.8, 4) is 5.75 Å². The Morgan fingerprint density at radius 1 is 1.21 bits per heavy atom. The summed E-state index contributed by atoms with van der Waals surface area (Å²) in [6, 6.07) is 10.4. The van der Waals surface area contributed by atoms with Gasteiger partial charge in [0.05, 0.1) is 12.6 Å². The molecule has 98 valence electrons. The van der Waals surface area contributed by atoms with Crippen LogP contribution < -0.4 is 10.1 Å². The van der Waals surface area contributed by atoms with E-state index in [1.54, 1.807) is 0 Å². The molecule has 1 N–H and O–H groups in total. The first-order valence-corrected chi connectivity index (χ1v) is 6.53. The molecule has 3 rings (SSSR count). The molecular formula is C15H17N3O. The second-order valence-corrected chi connectivity index (χ2v) is 4.81. The van der Waals surface area contributed by atoms with Gasteiger partial charge in [0.1, 0.15) is 17.4 Å². The number of aryl methyl sites for hydroxylation is 2. The molecule has 1 atom stereocenters. The van der Waals surface area contributed by atoms with Crippen LogP contribution in [0.25, 0.3) is 0 Å². The Morgan fingerprint density at radius 3 is 2.89 bits per heavy atom. The number of anilines is 1. The van der Waals surface area contributed by atoms with Crippen molar-refractivity contribution in [2.45, 2.75) is 26.3 Å². The molecule has 2 aromatic rings. The number of ether oxygens (including phenoxy) is 1. The third-order valence-corrected chi connectivity index (χ3v) is 3.25. The van der Waals surface area contributed by atoms with Gasteiger partial charge in [-0.3, -0.25) is 0 Å². The highest BCUT2D eigenvalue weighted by Gasteiger charge is 2.21. The maximum Gasteiger partial charge on any atom is 0.130 e. The number of aromatic nitrogens is 2. The van der Waals surface area contributed by atoms with Crippen LogP contribution in [0, 0.1) is 13.8 Å². The van der Waals surface area contributed by atoms with Gasteiger partial charge in [0.15, 0.2) is 0 Å². The molecule has 19 heavy (non-hydrogen) atoms. The molecule has 0 bridgehead atoms.